The lowest BCUT2D eigenvalue weighted by Crippen LogP contribution is -2.42. The molecule has 28 heavy (non-hydrogen) atoms. The van der Waals surface area contributed by atoms with Gasteiger partial charge in [0.05, 0.1) is 13.0 Å². The highest BCUT2D eigenvalue weighted by Crippen LogP contribution is 2.21. The number of rotatable bonds is 5. The number of ether oxygens (including phenoxy) is 2. The Bertz CT molecular complexity index is 860. The topological polar surface area (TPSA) is 86.0 Å². The van der Waals surface area contributed by atoms with Gasteiger partial charge in [-0.15, -0.1) is 0 Å². The fourth-order valence-corrected chi connectivity index (χ4v) is 3.05. The second-order valence-electron chi connectivity index (χ2n) is 6.46. The van der Waals surface area contributed by atoms with Gasteiger partial charge in [0.1, 0.15) is 18.2 Å². The van der Waals surface area contributed by atoms with Crippen molar-refractivity contribution < 1.29 is 32.7 Å². The number of carbonyl (C=O) groups is 3. The second-order valence-corrected chi connectivity index (χ2v) is 6.46. The van der Waals surface area contributed by atoms with Crippen LogP contribution in [-0.2, 0) is 20.9 Å². The van der Waals surface area contributed by atoms with E-state index in [-0.39, 0.29) is 24.8 Å². The number of esters is 2. The van der Waals surface area contributed by atoms with Gasteiger partial charge >= 0.3 is 11.9 Å². The lowest BCUT2D eigenvalue weighted by atomic mass is 9.97. The summed E-state index contributed by atoms with van der Waals surface area (Å²) in [6.07, 6.45) is 1.28. The van der Waals surface area contributed by atoms with Gasteiger partial charge in [-0.2, -0.15) is 0 Å². The predicted molar refractivity (Wildman–Crippen MR) is 94.9 cm³/mol. The number of carbonyl (C=O) groups excluding carboxylic acids is 3. The average Bonchev–Trinajstić information content (AvgIpc) is 3.20. The SMILES string of the molecule is COC(=O)c1ccc(COC(=O)C2CCCN(C(=O)c3ccc(F)cc3)C2)o1. The van der Waals surface area contributed by atoms with Crippen molar-refractivity contribution >= 4 is 17.8 Å². The van der Waals surface area contributed by atoms with E-state index in [1.54, 1.807) is 4.90 Å². The van der Waals surface area contributed by atoms with Crippen LogP contribution in [0.4, 0.5) is 4.39 Å². The molecule has 2 heterocycles. The molecule has 1 amide bonds. The summed E-state index contributed by atoms with van der Waals surface area (Å²) >= 11 is 0. The minimum Gasteiger partial charge on any atom is -0.463 e. The van der Waals surface area contributed by atoms with Gasteiger partial charge in [0, 0.05) is 18.7 Å². The molecule has 8 heteroatoms. The molecule has 1 aromatic heterocycles. The van der Waals surface area contributed by atoms with Crippen LogP contribution < -0.4 is 0 Å². The molecule has 0 radical (unpaired) electrons. The molecule has 1 fully saturated rings. The van der Waals surface area contributed by atoms with Gasteiger partial charge in [-0.25, -0.2) is 9.18 Å². The first-order valence-corrected chi connectivity index (χ1v) is 8.86. The highest BCUT2D eigenvalue weighted by molar-refractivity contribution is 5.94. The largest absolute Gasteiger partial charge is 0.463 e. The summed E-state index contributed by atoms with van der Waals surface area (Å²) in [6, 6.07) is 8.29. The van der Waals surface area contributed by atoms with Gasteiger partial charge in [-0.1, -0.05) is 0 Å². The van der Waals surface area contributed by atoms with Crippen molar-refractivity contribution in [3.05, 3.63) is 59.3 Å². The number of amides is 1. The monoisotopic (exact) mass is 389 g/mol. The van der Waals surface area contributed by atoms with Crippen molar-refractivity contribution in [2.24, 2.45) is 5.92 Å². The first-order chi connectivity index (χ1) is 13.5. The van der Waals surface area contributed by atoms with E-state index in [9.17, 15) is 18.8 Å². The van der Waals surface area contributed by atoms with Crippen LogP contribution in [0.2, 0.25) is 0 Å². The van der Waals surface area contributed by atoms with Crippen LogP contribution in [0.25, 0.3) is 0 Å². The molecule has 2 aromatic rings. The van der Waals surface area contributed by atoms with E-state index in [4.69, 9.17) is 9.15 Å². The standard InChI is InChI=1S/C20H20FNO6/c1-26-20(25)17-9-8-16(28-17)12-27-19(24)14-3-2-10-22(11-14)18(23)13-4-6-15(21)7-5-13/h4-9,14H,2-3,10-12H2,1H3. The van der Waals surface area contributed by atoms with E-state index in [1.807, 2.05) is 0 Å². The van der Waals surface area contributed by atoms with Crippen molar-refractivity contribution in [1.29, 1.82) is 0 Å². The van der Waals surface area contributed by atoms with Gasteiger partial charge in [0.25, 0.3) is 5.91 Å². The van der Waals surface area contributed by atoms with Gasteiger partial charge in [0.15, 0.2) is 0 Å². The molecular formula is C20H20FNO6. The number of halogens is 1. The van der Waals surface area contributed by atoms with Crippen LogP contribution in [0.1, 0.15) is 39.5 Å². The third kappa shape index (κ3) is 4.57. The van der Waals surface area contributed by atoms with Crippen LogP contribution in [0.15, 0.2) is 40.8 Å². The van der Waals surface area contributed by atoms with E-state index < -0.39 is 23.7 Å². The molecule has 0 N–H and O–H groups in total. The highest BCUT2D eigenvalue weighted by Gasteiger charge is 2.30. The number of benzene rings is 1. The van der Waals surface area contributed by atoms with E-state index in [1.165, 1.54) is 43.5 Å². The van der Waals surface area contributed by atoms with Crippen molar-refractivity contribution in [1.82, 2.24) is 4.90 Å². The molecule has 148 valence electrons. The normalized spacial score (nSPS) is 16.5. The Balaban J connectivity index is 1.55. The fraction of sp³-hybridized carbons (Fsp3) is 0.350. The van der Waals surface area contributed by atoms with Crippen molar-refractivity contribution in [2.75, 3.05) is 20.2 Å². The molecule has 1 aromatic carbocycles. The Morgan fingerprint density at radius 2 is 1.93 bits per heavy atom. The van der Waals surface area contributed by atoms with Crippen LogP contribution >= 0.6 is 0 Å². The Hall–Kier alpha value is -3.16. The number of furan rings is 1. The number of piperidine rings is 1. The Labute approximate surface area is 161 Å². The number of nitrogens with zero attached hydrogens (tertiary/aromatic N) is 1. The van der Waals surface area contributed by atoms with Crippen molar-refractivity contribution in [3.63, 3.8) is 0 Å². The van der Waals surface area contributed by atoms with E-state index in [0.29, 0.717) is 30.7 Å². The van der Waals surface area contributed by atoms with E-state index in [0.717, 1.165) is 0 Å². The summed E-state index contributed by atoms with van der Waals surface area (Å²) in [4.78, 5) is 37.9. The maximum absolute atomic E-state index is 13.0. The first kappa shape index (κ1) is 19.6. The Morgan fingerprint density at radius 1 is 1.18 bits per heavy atom. The molecule has 1 aliphatic rings. The molecule has 1 aliphatic heterocycles. The van der Waals surface area contributed by atoms with Gasteiger partial charge in [0.2, 0.25) is 5.76 Å². The minimum atomic E-state index is -0.611. The third-order valence-corrected chi connectivity index (χ3v) is 4.54. The summed E-state index contributed by atoms with van der Waals surface area (Å²) in [7, 11) is 1.24. The molecule has 3 rings (SSSR count). The smallest absolute Gasteiger partial charge is 0.373 e. The number of likely N-dealkylation sites (tertiary alicyclic amines) is 1. The molecule has 0 bridgehead atoms. The first-order valence-electron chi connectivity index (χ1n) is 8.86. The zero-order valence-corrected chi connectivity index (χ0v) is 15.4. The third-order valence-electron chi connectivity index (χ3n) is 4.54. The minimum absolute atomic E-state index is 0.0299. The highest BCUT2D eigenvalue weighted by atomic mass is 19.1. The Morgan fingerprint density at radius 3 is 2.64 bits per heavy atom. The summed E-state index contributed by atoms with van der Waals surface area (Å²) in [5, 5.41) is 0. The zero-order valence-electron chi connectivity index (χ0n) is 15.4. The molecule has 0 aliphatic carbocycles. The van der Waals surface area contributed by atoms with Crippen LogP contribution in [0, 0.1) is 11.7 Å². The van der Waals surface area contributed by atoms with Crippen LogP contribution in [0.3, 0.4) is 0 Å². The van der Waals surface area contributed by atoms with Gasteiger partial charge < -0.3 is 18.8 Å². The molecular weight excluding hydrogens is 369 g/mol. The van der Waals surface area contributed by atoms with E-state index >= 15 is 0 Å². The molecule has 7 nitrogen and oxygen atoms in total. The molecule has 1 atom stereocenters. The zero-order chi connectivity index (χ0) is 20.1. The molecule has 0 spiro atoms. The lowest BCUT2D eigenvalue weighted by molar-refractivity contribution is -0.152. The fourth-order valence-electron chi connectivity index (χ4n) is 3.05. The number of hydrogen-bond donors (Lipinski definition) is 0. The quantitative estimate of drug-likeness (QED) is 0.731. The maximum atomic E-state index is 13.0. The molecule has 1 saturated heterocycles. The average molecular weight is 389 g/mol. The predicted octanol–water partition coefficient (Wildman–Crippen LogP) is 2.80. The van der Waals surface area contributed by atoms with Gasteiger partial charge in [-0.05, 0) is 49.2 Å². The number of methoxy groups -OCH3 is 1. The summed E-state index contributed by atoms with van der Waals surface area (Å²) in [5.41, 5.74) is 0.376. The van der Waals surface area contributed by atoms with Gasteiger partial charge in [-0.3, -0.25) is 9.59 Å². The van der Waals surface area contributed by atoms with Crippen LogP contribution in [0.5, 0.6) is 0 Å². The summed E-state index contributed by atoms with van der Waals surface area (Å²) < 4.78 is 28.1. The lowest BCUT2D eigenvalue weighted by Gasteiger charge is -2.31. The number of hydrogen-bond acceptors (Lipinski definition) is 6. The molecule has 1 unspecified atom stereocenters. The Kier molecular flexibility index (Phi) is 6.08. The molecule has 0 saturated carbocycles. The van der Waals surface area contributed by atoms with Crippen LogP contribution in [-0.4, -0.2) is 42.9 Å². The summed E-state index contributed by atoms with van der Waals surface area (Å²) in [5.74, 6) is -1.80. The summed E-state index contributed by atoms with van der Waals surface area (Å²) in [6.45, 7) is 0.652. The second kappa shape index (κ2) is 8.69. The van der Waals surface area contributed by atoms with Crippen molar-refractivity contribution in [3.8, 4) is 0 Å². The van der Waals surface area contributed by atoms with Crippen molar-refractivity contribution in [2.45, 2.75) is 19.4 Å². The van der Waals surface area contributed by atoms with E-state index in [2.05, 4.69) is 4.74 Å². The maximum Gasteiger partial charge on any atom is 0.373 e.